The van der Waals surface area contributed by atoms with E-state index in [9.17, 15) is 18.0 Å². The number of hydrogen-bond acceptors (Lipinski definition) is 3. The lowest BCUT2D eigenvalue weighted by Gasteiger charge is -2.10. The SMILES string of the molecule is O=c1[nH]oc2cccc(Nc3ccc(-c4cccc(C(F)(F)F)c4)cc3)c12. The van der Waals surface area contributed by atoms with Crippen LogP contribution in [0, 0.1) is 0 Å². The summed E-state index contributed by atoms with van der Waals surface area (Å²) >= 11 is 0. The molecule has 0 unspecified atom stereocenters. The molecule has 2 N–H and O–H groups in total. The van der Waals surface area contributed by atoms with E-state index in [4.69, 9.17) is 4.52 Å². The van der Waals surface area contributed by atoms with Crippen LogP contribution in [0.2, 0.25) is 0 Å². The monoisotopic (exact) mass is 370 g/mol. The molecule has 4 aromatic rings. The van der Waals surface area contributed by atoms with E-state index < -0.39 is 11.7 Å². The highest BCUT2D eigenvalue weighted by Gasteiger charge is 2.30. The smallest absolute Gasteiger partial charge is 0.378 e. The number of alkyl halides is 3. The molecule has 0 fully saturated rings. The summed E-state index contributed by atoms with van der Waals surface area (Å²) in [5.41, 5.74) is 1.82. The summed E-state index contributed by atoms with van der Waals surface area (Å²) in [4.78, 5) is 11.9. The molecule has 0 bridgehead atoms. The third-order valence-electron chi connectivity index (χ3n) is 4.19. The van der Waals surface area contributed by atoms with Crippen molar-refractivity contribution in [3.63, 3.8) is 0 Å². The van der Waals surface area contributed by atoms with Crippen LogP contribution in [0.4, 0.5) is 24.5 Å². The van der Waals surface area contributed by atoms with Crippen LogP contribution in [0.25, 0.3) is 22.1 Å². The number of halogens is 3. The van der Waals surface area contributed by atoms with Crippen LogP contribution in [-0.2, 0) is 6.18 Å². The normalized spacial score (nSPS) is 11.7. The van der Waals surface area contributed by atoms with Gasteiger partial charge < -0.3 is 9.84 Å². The minimum atomic E-state index is -4.38. The molecule has 3 aromatic carbocycles. The number of aromatic nitrogens is 1. The van der Waals surface area contributed by atoms with Crippen LogP contribution in [0.5, 0.6) is 0 Å². The second-order valence-electron chi connectivity index (χ2n) is 5.99. The Kier molecular flexibility index (Phi) is 3.99. The van der Waals surface area contributed by atoms with Crippen LogP contribution in [0.1, 0.15) is 5.56 Å². The highest BCUT2D eigenvalue weighted by molar-refractivity contribution is 5.91. The predicted octanol–water partition coefficient (Wildman–Crippen LogP) is 5.55. The van der Waals surface area contributed by atoms with E-state index in [1.54, 1.807) is 48.5 Å². The van der Waals surface area contributed by atoms with Gasteiger partial charge in [-0.1, -0.05) is 30.3 Å². The Labute approximate surface area is 151 Å². The van der Waals surface area contributed by atoms with Crippen molar-refractivity contribution in [2.45, 2.75) is 6.18 Å². The van der Waals surface area contributed by atoms with E-state index in [0.29, 0.717) is 33.5 Å². The fourth-order valence-corrected chi connectivity index (χ4v) is 2.88. The maximum absolute atomic E-state index is 12.9. The lowest BCUT2D eigenvalue weighted by atomic mass is 10.0. The van der Waals surface area contributed by atoms with E-state index in [1.165, 1.54) is 6.07 Å². The van der Waals surface area contributed by atoms with E-state index in [-0.39, 0.29) is 5.56 Å². The first-order valence-electron chi connectivity index (χ1n) is 8.07. The number of rotatable bonds is 3. The van der Waals surface area contributed by atoms with Gasteiger partial charge in [0.2, 0.25) is 0 Å². The maximum Gasteiger partial charge on any atom is 0.416 e. The van der Waals surface area contributed by atoms with E-state index in [2.05, 4.69) is 10.5 Å². The van der Waals surface area contributed by atoms with Crippen LogP contribution in [0.3, 0.4) is 0 Å². The van der Waals surface area contributed by atoms with Gasteiger partial charge in [0.25, 0.3) is 5.56 Å². The Hall–Kier alpha value is -3.48. The van der Waals surface area contributed by atoms with Crippen LogP contribution < -0.4 is 10.9 Å². The molecule has 1 aromatic heterocycles. The van der Waals surface area contributed by atoms with Crippen molar-refractivity contribution < 1.29 is 17.7 Å². The van der Waals surface area contributed by atoms with Gasteiger partial charge in [0.15, 0.2) is 5.58 Å². The molecule has 0 radical (unpaired) electrons. The largest absolute Gasteiger partial charge is 0.416 e. The molecule has 1 heterocycles. The number of nitrogens with one attached hydrogen (secondary N) is 2. The molecule has 0 spiro atoms. The Morgan fingerprint density at radius 2 is 1.63 bits per heavy atom. The molecule has 7 heteroatoms. The minimum absolute atomic E-state index is 0.339. The third-order valence-corrected chi connectivity index (χ3v) is 4.19. The standard InChI is InChI=1S/C20H13F3N2O2/c21-20(22,23)14-4-1-3-13(11-14)12-7-9-15(10-8-12)24-16-5-2-6-17-18(16)19(26)25-27-17/h1-11,24H,(H,25,26). The minimum Gasteiger partial charge on any atom is -0.378 e. The quantitative estimate of drug-likeness (QED) is 0.497. The van der Waals surface area contributed by atoms with Gasteiger partial charge in [-0.25, -0.2) is 0 Å². The molecular formula is C20H13F3N2O2. The lowest BCUT2D eigenvalue weighted by molar-refractivity contribution is -0.137. The summed E-state index contributed by atoms with van der Waals surface area (Å²) in [5.74, 6) is 0. The summed E-state index contributed by atoms with van der Waals surface area (Å²) in [6.45, 7) is 0. The van der Waals surface area contributed by atoms with Crippen LogP contribution >= 0.6 is 0 Å². The number of hydrogen-bond donors (Lipinski definition) is 2. The zero-order chi connectivity index (χ0) is 19.0. The summed E-state index contributed by atoms with van der Waals surface area (Å²) in [6, 6.07) is 17.3. The first kappa shape index (κ1) is 17.0. The summed E-state index contributed by atoms with van der Waals surface area (Å²) in [7, 11) is 0. The molecule has 0 aliphatic carbocycles. The average molecular weight is 370 g/mol. The van der Waals surface area contributed by atoms with Crippen molar-refractivity contribution in [3.8, 4) is 11.1 Å². The highest BCUT2D eigenvalue weighted by atomic mass is 19.4. The summed E-state index contributed by atoms with van der Waals surface area (Å²) in [6.07, 6.45) is -4.38. The number of H-pyrrole nitrogens is 1. The van der Waals surface area contributed by atoms with E-state index in [0.717, 1.165) is 12.1 Å². The molecule has 0 aliphatic rings. The van der Waals surface area contributed by atoms with Crippen molar-refractivity contribution >= 4 is 22.3 Å². The van der Waals surface area contributed by atoms with E-state index in [1.807, 2.05) is 0 Å². The molecule has 4 rings (SSSR count). The number of benzene rings is 3. The fraction of sp³-hybridized carbons (Fsp3) is 0.0500. The van der Waals surface area contributed by atoms with Crippen molar-refractivity contribution in [3.05, 3.63) is 82.6 Å². The fourth-order valence-electron chi connectivity index (χ4n) is 2.88. The predicted molar refractivity (Wildman–Crippen MR) is 97.0 cm³/mol. The maximum atomic E-state index is 12.9. The Bertz CT molecular complexity index is 1160. The first-order valence-corrected chi connectivity index (χ1v) is 8.07. The number of fused-ring (bicyclic) bond motifs is 1. The number of anilines is 2. The molecule has 0 aliphatic heterocycles. The zero-order valence-corrected chi connectivity index (χ0v) is 13.8. The molecule has 0 atom stereocenters. The topological polar surface area (TPSA) is 58.0 Å². The molecule has 4 nitrogen and oxygen atoms in total. The van der Waals surface area contributed by atoms with Crippen molar-refractivity contribution in [1.82, 2.24) is 5.16 Å². The van der Waals surface area contributed by atoms with E-state index >= 15 is 0 Å². The van der Waals surface area contributed by atoms with Crippen molar-refractivity contribution in [2.24, 2.45) is 0 Å². The number of aromatic amines is 1. The second kappa shape index (κ2) is 6.35. The lowest BCUT2D eigenvalue weighted by Crippen LogP contribution is -2.04. The third kappa shape index (κ3) is 3.31. The van der Waals surface area contributed by atoms with Crippen LogP contribution in [-0.4, -0.2) is 5.16 Å². The second-order valence-corrected chi connectivity index (χ2v) is 5.99. The van der Waals surface area contributed by atoms with Gasteiger partial charge in [0.1, 0.15) is 5.39 Å². The summed E-state index contributed by atoms with van der Waals surface area (Å²) in [5, 5.41) is 5.82. The molecule has 27 heavy (non-hydrogen) atoms. The molecule has 0 saturated heterocycles. The Balaban J connectivity index is 1.63. The molecule has 0 amide bonds. The van der Waals surface area contributed by atoms with Gasteiger partial charge in [-0.3, -0.25) is 4.79 Å². The summed E-state index contributed by atoms with van der Waals surface area (Å²) < 4.78 is 43.7. The van der Waals surface area contributed by atoms with Gasteiger partial charge in [-0.05, 0) is 47.5 Å². The Morgan fingerprint density at radius 3 is 2.37 bits per heavy atom. The van der Waals surface area contributed by atoms with Gasteiger partial charge in [-0.15, -0.1) is 0 Å². The highest BCUT2D eigenvalue weighted by Crippen LogP contribution is 2.32. The van der Waals surface area contributed by atoms with Crippen molar-refractivity contribution in [1.29, 1.82) is 0 Å². The van der Waals surface area contributed by atoms with Gasteiger partial charge in [-0.2, -0.15) is 18.3 Å². The zero-order valence-electron chi connectivity index (χ0n) is 13.8. The molecular weight excluding hydrogens is 357 g/mol. The average Bonchev–Trinajstić information content (AvgIpc) is 3.04. The van der Waals surface area contributed by atoms with Gasteiger partial charge in [0, 0.05) is 5.69 Å². The van der Waals surface area contributed by atoms with Gasteiger partial charge in [0.05, 0.1) is 11.3 Å². The van der Waals surface area contributed by atoms with Crippen molar-refractivity contribution in [2.75, 3.05) is 5.32 Å². The van der Waals surface area contributed by atoms with Crippen LogP contribution in [0.15, 0.2) is 76.0 Å². The molecule has 0 saturated carbocycles. The first-order chi connectivity index (χ1) is 12.9. The Morgan fingerprint density at radius 1 is 0.889 bits per heavy atom. The molecule has 136 valence electrons. The van der Waals surface area contributed by atoms with Gasteiger partial charge >= 0.3 is 6.18 Å².